The molecule has 2 amide bonds. The Labute approximate surface area is 321 Å². The number of carbonyl (C=O) groups is 6. The van der Waals surface area contributed by atoms with Crippen LogP contribution in [0.25, 0.3) is 11.0 Å². The molecule has 0 radical (unpaired) electrons. The summed E-state index contributed by atoms with van der Waals surface area (Å²) in [6.07, 6.45) is -4.65. The highest BCUT2D eigenvalue weighted by molar-refractivity contribution is 6.01. The summed E-state index contributed by atoms with van der Waals surface area (Å²) >= 11 is 0. The molecule has 19 heteroatoms. The number of likely N-dealkylation sites (tertiary alicyclic amines) is 1. The summed E-state index contributed by atoms with van der Waals surface area (Å²) in [4.78, 5) is 90.2. The number of aromatic nitrogens is 3. The van der Waals surface area contributed by atoms with Gasteiger partial charge in [-0.3, -0.25) is 28.6 Å². The van der Waals surface area contributed by atoms with Gasteiger partial charge in [0.05, 0.1) is 30.3 Å². The molecule has 0 bridgehead atoms. The zero-order chi connectivity index (χ0) is 40.8. The Morgan fingerprint density at radius 1 is 0.946 bits per heavy atom. The van der Waals surface area contributed by atoms with Crippen LogP contribution in [0.5, 0.6) is 5.75 Å². The lowest BCUT2D eigenvalue weighted by Gasteiger charge is -2.43. The SMILES string of the molecule is COC(=O)[C@H]1O[C@@H](Oc2ccccc2N(C)C(=O)n2ccc3c(N(C)[C@H]4CN(C(=O)CC#N)CC[C@H]4C)ncnc32)[C@H](OC(C)=O)[C@@H](OC(C)=O)[C@@H]1OC(C)=O. The minimum absolute atomic E-state index is 0.0231. The van der Waals surface area contributed by atoms with Gasteiger partial charge in [0.15, 0.2) is 24.0 Å². The molecule has 2 fully saturated rings. The Bertz CT molecular complexity index is 2030. The smallest absolute Gasteiger partial charge is 0.339 e. The molecule has 0 saturated carbocycles. The molecule has 2 aromatic heterocycles. The Morgan fingerprint density at radius 3 is 2.27 bits per heavy atom. The van der Waals surface area contributed by atoms with E-state index in [1.54, 1.807) is 35.4 Å². The molecule has 1 aromatic carbocycles. The van der Waals surface area contributed by atoms with Gasteiger partial charge in [-0.05, 0) is 30.5 Å². The summed E-state index contributed by atoms with van der Waals surface area (Å²) in [5.41, 5.74) is 0.500. The summed E-state index contributed by atoms with van der Waals surface area (Å²) in [5, 5.41) is 9.62. The first-order chi connectivity index (χ1) is 26.7. The second-order valence-corrected chi connectivity index (χ2v) is 13.3. The molecular weight excluding hydrogens is 734 g/mol. The Morgan fingerprint density at radius 2 is 1.61 bits per heavy atom. The monoisotopic (exact) mass is 777 g/mol. The molecule has 4 heterocycles. The molecule has 298 valence electrons. The molecule has 2 aliphatic heterocycles. The van der Waals surface area contributed by atoms with Gasteiger partial charge >= 0.3 is 29.9 Å². The number of fused-ring (bicyclic) bond motifs is 1. The minimum atomic E-state index is -1.69. The third kappa shape index (κ3) is 8.65. The zero-order valence-corrected chi connectivity index (χ0v) is 31.9. The molecule has 0 N–H and O–H groups in total. The first-order valence-electron chi connectivity index (χ1n) is 17.6. The van der Waals surface area contributed by atoms with E-state index in [-0.39, 0.29) is 35.7 Å². The molecule has 0 unspecified atom stereocenters. The molecular formula is C37H43N7O12. The molecule has 56 heavy (non-hydrogen) atoms. The van der Waals surface area contributed by atoms with Gasteiger partial charge in [0.25, 0.3) is 0 Å². The lowest BCUT2D eigenvalue weighted by molar-refractivity contribution is -0.282. The van der Waals surface area contributed by atoms with Crippen molar-refractivity contribution in [3.8, 4) is 11.8 Å². The maximum absolute atomic E-state index is 14.2. The van der Waals surface area contributed by atoms with E-state index in [9.17, 15) is 28.8 Å². The van der Waals surface area contributed by atoms with Crippen molar-refractivity contribution in [2.75, 3.05) is 44.1 Å². The Balaban J connectivity index is 1.46. The van der Waals surface area contributed by atoms with Crippen LogP contribution in [0, 0.1) is 17.2 Å². The molecule has 0 aliphatic carbocycles. The van der Waals surface area contributed by atoms with Crippen LogP contribution in [0.3, 0.4) is 0 Å². The van der Waals surface area contributed by atoms with Gasteiger partial charge in [-0.2, -0.15) is 5.26 Å². The number of hydrogen-bond donors (Lipinski definition) is 0. The van der Waals surface area contributed by atoms with Gasteiger partial charge in [0, 0.05) is 54.2 Å². The van der Waals surface area contributed by atoms with Crippen molar-refractivity contribution in [2.24, 2.45) is 5.92 Å². The first kappa shape index (κ1) is 40.9. The van der Waals surface area contributed by atoms with Gasteiger partial charge < -0.3 is 38.2 Å². The third-order valence-electron chi connectivity index (χ3n) is 9.59. The van der Waals surface area contributed by atoms with Crippen LogP contribution in [-0.4, -0.2) is 126 Å². The molecule has 3 aromatic rings. The van der Waals surface area contributed by atoms with Crippen molar-refractivity contribution in [1.82, 2.24) is 19.4 Å². The van der Waals surface area contributed by atoms with E-state index >= 15 is 0 Å². The van der Waals surface area contributed by atoms with E-state index in [0.29, 0.717) is 29.9 Å². The summed E-state index contributed by atoms with van der Waals surface area (Å²) in [7, 11) is 4.42. The van der Waals surface area contributed by atoms with Gasteiger partial charge in [-0.15, -0.1) is 0 Å². The first-order valence-corrected chi connectivity index (χ1v) is 17.6. The fourth-order valence-electron chi connectivity index (χ4n) is 6.89. The van der Waals surface area contributed by atoms with Crippen LogP contribution in [0.1, 0.15) is 40.5 Å². The second kappa shape index (κ2) is 17.5. The van der Waals surface area contributed by atoms with Gasteiger partial charge in [0.1, 0.15) is 24.3 Å². The summed E-state index contributed by atoms with van der Waals surface area (Å²) in [6, 6.07) is 9.26. The number of piperidine rings is 1. The molecule has 2 saturated heterocycles. The van der Waals surface area contributed by atoms with Gasteiger partial charge in [0.2, 0.25) is 18.3 Å². The maximum atomic E-state index is 14.2. The van der Waals surface area contributed by atoms with Crippen LogP contribution in [0.15, 0.2) is 42.9 Å². The predicted molar refractivity (Wildman–Crippen MR) is 194 cm³/mol. The summed E-state index contributed by atoms with van der Waals surface area (Å²) in [5.74, 6) is -3.01. The van der Waals surface area contributed by atoms with E-state index in [2.05, 4.69) is 16.9 Å². The van der Waals surface area contributed by atoms with E-state index in [0.717, 1.165) is 34.3 Å². The van der Waals surface area contributed by atoms with Crippen molar-refractivity contribution in [3.05, 3.63) is 42.9 Å². The van der Waals surface area contributed by atoms with E-state index in [1.165, 1.54) is 28.9 Å². The standard InChI is InChI=1S/C37H43N7O12/c1-20-13-16-43(28(48)12-15-38)18-26(20)41(5)33-24-14-17-44(34(24)40-19-39-33)37(50)42(6)25-10-8-9-11-27(25)55-36-32(54-23(4)47)30(53-22(3)46)29(52-21(2)45)31(56-36)35(49)51-7/h8-11,14,17,19-20,26,29-32,36H,12-13,16,18H2,1-7H3/t20-,26+,29+,30+,31+,32-,36-/m1/s1. The van der Waals surface area contributed by atoms with Crippen molar-refractivity contribution < 1.29 is 57.2 Å². The highest BCUT2D eigenvalue weighted by Crippen LogP contribution is 2.36. The van der Waals surface area contributed by atoms with Crippen LogP contribution in [0.2, 0.25) is 0 Å². The fourth-order valence-corrected chi connectivity index (χ4v) is 6.89. The quantitative estimate of drug-likeness (QED) is 0.213. The van der Waals surface area contributed by atoms with Crippen molar-refractivity contribution >= 4 is 58.4 Å². The molecule has 5 rings (SSSR count). The van der Waals surface area contributed by atoms with E-state index in [4.69, 9.17) is 33.7 Å². The van der Waals surface area contributed by atoms with Gasteiger partial charge in [-0.25, -0.2) is 19.6 Å². The lowest BCUT2D eigenvalue weighted by Crippen LogP contribution is -2.64. The highest BCUT2D eigenvalue weighted by atomic mass is 16.7. The number of para-hydroxylation sites is 2. The Kier molecular flexibility index (Phi) is 12.7. The average molecular weight is 778 g/mol. The van der Waals surface area contributed by atoms with Crippen molar-refractivity contribution in [1.29, 1.82) is 5.26 Å². The number of nitrogens with zero attached hydrogens (tertiary/aromatic N) is 7. The maximum Gasteiger partial charge on any atom is 0.339 e. The number of esters is 4. The number of ether oxygens (including phenoxy) is 6. The van der Waals surface area contributed by atoms with Crippen LogP contribution < -0.4 is 14.5 Å². The van der Waals surface area contributed by atoms with Crippen LogP contribution in [-0.2, 0) is 47.7 Å². The van der Waals surface area contributed by atoms with Crippen LogP contribution in [0.4, 0.5) is 16.3 Å². The van der Waals surface area contributed by atoms with Crippen molar-refractivity contribution in [3.63, 3.8) is 0 Å². The van der Waals surface area contributed by atoms with E-state index < -0.39 is 60.6 Å². The van der Waals surface area contributed by atoms with Crippen LogP contribution >= 0.6 is 0 Å². The minimum Gasteiger partial charge on any atom is -0.467 e. The zero-order valence-electron chi connectivity index (χ0n) is 31.9. The number of nitriles is 1. The largest absolute Gasteiger partial charge is 0.467 e. The number of amides is 2. The topological polar surface area (TPSA) is 222 Å². The summed E-state index contributed by atoms with van der Waals surface area (Å²) in [6.45, 7) is 6.28. The average Bonchev–Trinajstić information content (AvgIpc) is 3.60. The molecule has 2 aliphatic rings. The normalized spacial score (nSPS) is 23.2. The highest BCUT2D eigenvalue weighted by Gasteiger charge is 2.56. The Hall–Kier alpha value is -6.29. The van der Waals surface area contributed by atoms with E-state index in [1.807, 2.05) is 18.0 Å². The summed E-state index contributed by atoms with van der Waals surface area (Å²) < 4.78 is 34.6. The number of likely N-dealkylation sites (N-methyl/N-ethyl adjacent to an activating group) is 1. The fraction of sp³-hybridized carbons (Fsp3) is 0.486. The molecule has 7 atom stereocenters. The number of benzene rings is 1. The third-order valence-corrected chi connectivity index (χ3v) is 9.59. The number of methoxy groups -OCH3 is 1. The molecule has 0 spiro atoms. The number of anilines is 2. The number of carbonyl (C=O) groups excluding carboxylic acids is 6. The van der Waals surface area contributed by atoms with Gasteiger partial charge in [-0.1, -0.05) is 19.1 Å². The predicted octanol–water partition coefficient (Wildman–Crippen LogP) is 2.19. The second-order valence-electron chi connectivity index (χ2n) is 13.3. The molecule has 19 nitrogen and oxygen atoms in total. The van der Waals surface area contributed by atoms with Crippen molar-refractivity contribution in [2.45, 2.75) is 77.3 Å². The number of hydrogen-bond acceptors (Lipinski definition) is 16. The lowest BCUT2D eigenvalue weighted by atomic mass is 9.92. The number of rotatable bonds is 10.